The van der Waals surface area contributed by atoms with Crippen LogP contribution in [0.2, 0.25) is 0 Å². The number of rotatable bonds is 0. The van der Waals surface area contributed by atoms with Gasteiger partial charge in [-0.15, -0.1) is 0 Å². The molecule has 0 saturated heterocycles. The highest BCUT2D eigenvalue weighted by Crippen LogP contribution is 2.50. The van der Waals surface area contributed by atoms with Crippen LogP contribution in [0.5, 0.6) is 5.75 Å². The van der Waals surface area contributed by atoms with Crippen LogP contribution in [-0.4, -0.2) is 10.7 Å². The van der Waals surface area contributed by atoms with E-state index in [0.717, 1.165) is 28.6 Å². The molecule has 104 valence electrons. The zero-order valence-electron chi connectivity index (χ0n) is 11.5. The van der Waals surface area contributed by atoms with E-state index in [1.54, 1.807) is 0 Å². The summed E-state index contributed by atoms with van der Waals surface area (Å²) in [6.07, 6.45) is 3.86. The minimum Gasteiger partial charge on any atom is -0.486 e. The molecular weight excluding hydrogens is 304 g/mol. The van der Waals surface area contributed by atoms with Crippen molar-refractivity contribution >= 4 is 15.9 Å². The average Bonchev–Trinajstić information content (AvgIpc) is 2.35. The van der Waals surface area contributed by atoms with E-state index in [4.69, 9.17) is 4.74 Å². The van der Waals surface area contributed by atoms with Gasteiger partial charge in [0, 0.05) is 16.5 Å². The molecule has 1 heterocycles. The van der Waals surface area contributed by atoms with Gasteiger partial charge in [-0.1, -0.05) is 42.3 Å². The molecule has 2 nitrogen and oxygen atoms in total. The molecule has 2 aliphatic rings. The summed E-state index contributed by atoms with van der Waals surface area (Å²) in [5.74, 6) is 2.01. The zero-order chi connectivity index (χ0) is 13.6. The maximum absolute atomic E-state index is 10.5. The Morgan fingerprint density at radius 1 is 1.37 bits per heavy atom. The summed E-state index contributed by atoms with van der Waals surface area (Å²) in [6.45, 7) is 4.58. The average molecular weight is 325 g/mol. The van der Waals surface area contributed by atoms with E-state index < -0.39 is 6.10 Å². The van der Waals surface area contributed by atoms with E-state index >= 15 is 0 Å². The summed E-state index contributed by atoms with van der Waals surface area (Å²) in [5.41, 5.74) is 0.754. The normalized spacial score (nSPS) is 37.8. The van der Waals surface area contributed by atoms with Gasteiger partial charge in [0.05, 0.1) is 6.10 Å². The molecule has 0 radical (unpaired) electrons. The lowest BCUT2D eigenvalue weighted by atomic mass is 9.67. The van der Waals surface area contributed by atoms with Crippen molar-refractivity contribution in [1.82, 2.24) is 0 Å². The predicted octanol–water partition coefficient (Wildman–Crippen LogP) is 4.46. The molecule has 0 amide bonds. The molecule has 1 aliphatic carbocycles. The third kappa shape index (κ3) is 2.21. The van der Waals surface area contributed by atoms with Crippen molar-refractivity contribution in [3.63, 3.8) is 0 Å². The number of hydrogen-bond donors (Lipinski definition) is 1. The zero-order valence-corrected chi connectivity index (χ0v) is 13.1. The second-order valence-electron chi connectivity index (χ2n) is 6.23. The molecule has 1 aromatic carbocycles. The lowest BCUT2D eigenvalue weighted by Crippen LogP contribution is -2.50. The fourth-order valence-corrected chi connectivity index (χ4v) is 4.06. The smallest absolute Gasteiger partial charge is 0.127 e. The van der Waals surface area contributed by atoms with Crippen molar-refractivity contribution in [1.29, 1.82) is 0 Å². The van der Waals surface area contributed by atoms with Gasteiger partial charge in [0.2, 0.25) is 0 Å². The number of benzene rings is 1. The summed E-state index contributed by atoms with van der Waals surface area (Å²) < 4.78 is 7.41. The lowest BCUT2D eigenvalue weighted by molar-refractivity contribution is -0.0879. The Kier molecular flexibility index (Phi) is 3.38. The molecule has 19 heavy (non-hydrogen) atoms. The molecule has 0 aromatic heterocycles. The standard InChI is InChI=1S/C16H21BrO2/c1-10-4-3-7-16(11(10)2)9-14(18)13-6-5-12(17)8-15(13)19-16/h5-6,8,10-11,14,18H,3-4,7,9H2,1-2H3/t10?,11?,14-,16?/m1/s1. The van der Waals surface area contributed by atoms with Crippen molar-refractivity contribution < 1.29 is 9.84 Å². The first-order valence-corrected chi connectivity index (χ1v) is 7.98. The Morgan fingerprint density at radius 3 is 2.95 bits per heavy atom. The van der Waals surface area contributed by atoms with Crippen LogP contribution in [-0.2, 0) is 0 Å². The molecule has 1 saturated carbocycles. The van der Waals surface area contributed by atoms with Crippen molar-refractivity contribution in [2.75, 3.05) is 0 Å². The molecule has 1 fully saturated rings. The van der Waals surface area contributed by atoms with Crippen LogP contribution in [0.15, 0.2) is 22.7 Å². The Hall–Kier alpha value is -0.540. The predicted molar refractivity (Wildman–Crippen MR) is 79.3 cm³/mol. The van der Waals surface area contributed by atoms with E-state index in [1.165, 1.54) is 12.8 Å². The molecule has 1 aromatic rings. The van der Waals surface area contributed by atoms with E-state index in [2.05, 4.69) is 29.8 Å². The number of hydrogen-bond acceptors (Lipinski definition) is 2. The highest BCUT2D eigenvalue weighted by atomic mass is 79.9. The second kappa shape index (κ2) is 4.78. The third-order valence-corrected chi connectivity index (χ3v) is 5.62. The van der Waals surface area contributed by atoms with Crippen LogP contribution in [0.1, 0.15) is 51.2 Å². The highest BCUT2D eigenvalue weighted by molar-refractivity contribution is 9.10. The monoisotopic (exact) mass is 324 g/mol. The van der Waals surface area contributed by atoms with Crippen molar-refractivity contribution in [3.8, 4) is 5.75 Å². The van der Waals surface area contributed by atoms with E-state index in [9.17, 15) is 5.11 Å². The van der Waals surface area contributed by atoms with Gasteiger partial charge in [-0.25, -0.2) is 0 Å². The Balaban J connectivity index is 1.99. The van der Waals surface area contributed by atoms with Gasteiger partial charge in [0.25, 0.3) is 0 Å². The van der Waals surface area contributed by atoms with Gasteiger partial charge in [-0.05, 0) is 36.8 Å². The van der Waals surface area contributed by atoms with Crippen LogP contribution in [0.25, 0.3) is 0 Å². The Bertz CT molecular complexity index is 488. The topological polar surface area (TPSA) is 29.5 Å². The highest BCUT2D eigenvalue weighted by Gasteiger charge is 2.48. The van der Waals surface area contributed by atoms with E-state index in [1.807, 2.05) is 18.2 Å². The van der Waals surface area contributed by atoms with E-state index in [0.29, 0.717) is 11.8 Å². The molecule has 1 N–H and O–H groups in total. The SMILES string of the molecule is CC1CCCC2(C[C@@H](O)c3ccc(Br)cc3O2)C1C. The second-order valence-corrected chi connectivity index (χ2v) is 7.14. The van der Waals surface area contributed by atoms with Gasteiger partial charge in [-0.3, -0.25) is 0 Å². The first-order valence-electron chi connectivity index (χ1n) is 7.18. The summed E-state index contributed by atoms with van der Waals surface area (Å²) in [4.78, 5) is 0. The number of fused-ring (bicyclic) bond motifs is 1. The van der Waals surface area contributed by atoms with Crippen LogP contribution in [0.4, 0.5) is 0 Å². The third-order valence-electron chi connectivity index (χ3n) is 5.13. The molecule has 4 atom stereocenters. The Labute approximate surface area is 123 Å². The van der Waals surface area contributed by atoms with E-state index in [-0.39, 0.29) is 5.60 Å². The first kappa shape index (κ1) is 13.4. The summed E-state index contributed by atoms with van der Waals surface area (Å²) >= 11 is 3.49. The van der Waals surface area contributed by atoms with Crippen molar-refractivity contribution in [3.05, 3.63) is 28.2 Å². The number of halogens is 1. The number of ether oxygens (including phenoxy) is 1. The largest absolute Gasteiger partial charge is 0.486 e. The summed E-state index contributed by atoms with van der Waals surface area (Å²) in [7, 11) is 0. The maximum Gasteiger partial charge on any atom is 0.127 e. The Morgan fingerprint density at radius 2 is 2.16 bits per heavy atom. The summed E-state index contributed by atoms with van der Waals surface area (Å²) in [6, 6.07) is 5.93. The van der Waals surface area contributed by atoms with Crippen molar-refractivity contribution in [2.24, 2.45) is 11.8 Å². The lowest BCUT2D eigenvalue weighted by Gasteiger charge is -2.49. The van der Waals surface area contributed by atoms with Gasteiger partial charge in [-0.2, -0.15) is 0 Å². The van der Waals surface area contributed by atoms with Gasteiger partial charge in [0.15, 0.2) is 0 Å². The molecule has 3 rings (SSSR count). The molecule has 3 unspecified atom stereocenters. The first-order chi connectivity index (χ1) is 9.02. The minimum absolute atomic E-state index is 0.176. The molecule has 0 bridgehead atoms. The van der Waals surface area contributed by atoms with Gasteiger partial charge < -0.3 is 9.84 Å². The molecule has 1 aliphatic heterocycles. The number of aliphatic hydroxyl groups excluding tert-OH is 1. The fraction of sp³-hybridized carbons (Fsp3) is 0.625. The summed E-state index contributed by atoms with van der Waals surface area (Å²) in [5, 5.41) is 10.5. The van der Waals surface area contributed by atoms with Crippen LogP contribution in [0.3, 0.4) is 0 Å². The van der Waals surface area contributed by atoms with Gasteiger partial charge >= 0.3 is 0 Å². The maximum atomic E-state index is 10.5. The number of aliphatic hydroxyl groups is 1. The molecular formula is C16H21BrO2. The molecule has 1 spiro atoms. The molecule has 3 heteroatoms. The fourth-order valence-electron chi connectivity index (χ4n) is 3.72. The van der Waals surface area contributed by atoms with Crippen molar-refractivity contribution in [2.45, 2.75) is 51.2 Å². The van der Waals surface area contributed by atoms with Crippen LogP contribution in [0, 0.1) is 11.8 Å². The van der Waals surface area contributed by atoms with Crippen LogP contribution >= 0.6 is 15.9 Å². The van der Waals surface area contributed by atoms with Gasteiger partial charge in [0.1, 0.15) is 11.4 Å². The minimum atomic E-state index is -0.399. The van der Waals surface area contributed by atoms with Crippen LogP contribution < -0.4 is 4.74 Å². The quantitative estimate of drug-likeness (QED) is 0.763.